The van der Waals surface area contributed by atoms with Gasteiger partial charge >= 0.3 is 0 Å². The third kappa shape index (κ3) is 1.85. The minimum Gasteiger partial charge on any atom is -0.456 e. The Morgan fingerprint density at radius 2 is 1.45 bits per heavy atom. The van der Waals surface area contributed by atoms with Gasteiger partial charge in [0, 0.05) is 16.1 Å². The Hall–Kier alpha value is -2.29. The predicted molar refractivity (Wildman–Crippen MR) is 86.5 cm³/mol. The SMILES string of the molecule is OC1(c2ccccc2)c2ccccc2Oc2cc(Cl)ccc21. The van der Waals surface area contributed by atoms with E-state index in [0.717, 1.165) is 11.1 Å². The van der Waals surface area contributed by atoms with E-state index in [-0.39, 0.29) is 0 Å². The minimum atomic E-state index is -1.25. The summed E-state index contributed by atoms with van der Waals surface area (Å²) in [5.41, 5.74) is 0.975. The summed E-state index contributed by atoms with van der Waals surface area (Å²) in [4.78, 5) is 0. The summed E-state index contributed by atoms with van der Waals surface area (Å²) in [6.45, 7) is 0. The highest BCUT2D eigenvalue weighted by atomic mass is 35.5. The molecule has 0 radical (unpaired) electrons. The van der Waals surface area contributed by atoms with E-state index >= 15 is 0 Å². The summed E-state index contributed by atoms with van der Waals surface area (Å²) in [5.74, 6) is 1.22. The molecule has 108 valence electrons. The second-order valence-corrected chi connectivity index (χ2v) is 5.75. The molecule has 0 bridgehead atoms. The van der Waals surface area contributed by atoms with Crippen molar-refractivity contribution in [2.45, 2.75) is 5.60 Å². The summed E-state index contributed by atoms with van der Waals surface area (Å²) in [6, 6.07) is 22.5. The lowest BCUT2D eigenvalue weighted by Gasteiger charge is -2.36. The van der Waals surface area contributed by atoms with Crippen molar-refractivity contribution in [3.8, 4) is 11.5 Å². The first-order chi connectivity index (χ1) is 10.7. The van der Waals surface area contributed by atoms with Gasteiger partial charge in [-0.1, -0.05) is 66.2 Å². The summed E-state index contributed by atoms with van der Waals surface area (Å²) in [5, 5.41) is 12.2. The van der Waals surface area contributed by atoms with Crippen LogP contribution in [0.1, 0.15) is 16.7 Å². The molecular weight excluding hydrogens is 296 g/mol. The lowest BCUT2D eigenvalue weighted by atomic mass is 9.78. The molecule has 0 spiro atoms. The van der Waals surface area contributed by atoms with E-state index in [2.05, 4.69) is 0 Å². The van der Waals surface area contributed by atoms with Crippen LogP contribution >= 0.6 is 11.6 Å². The molecule has 22 heavy (non-hydrogen) atoms. The van der Waals surface area contributed by atoms with Crippen LogP contribution in [0.5, 0.6) is 11.5 Å². The summed E-state index contributed by atoms with van der Waals surface area (Å²) >= 11 is 6.08. The number of para-hydroxylation sites is 1. The molecule has 0 saturated heterocycles. The van der Waals surface area contributed by atoms with Gasteiger partial charge in [0.05, 0.1) is 0 Å². The van der Waals surface area contributed by atoms with Crippen molar-refractivity contribution < 1.29 is 9.84 Å². The highest BCUT2D eigenvalue weighted by Crippen LogP contribution is 2.50. The van der Waals surface area contributed by atoms with E-state index in [0.29, 0.717) is 22.1 Å². The van der Waals surface area contributed by atoms with Gasteiger partial charge in [-0.25, -0.2) is 0 Å². The highest BCUT2D eigenvalue weighted by Gasteiger charge is 2.41. The molecule has 0 amide bonds. The smallest absolute Gasteiger partial charge is 0.147 e. The van der Waals surface area contributed by atoms with Crippen LogP contribution in [0.2, 0.25) is 5.02 Å². The third-order valence-corrected chi connectivity index (χ3v) is 4.26. The molecule has 0 saturated carbocycles. The summed E-state index contributed by atoms with van der Waals surface area (Å²) in [6.07, 6.45) is 0. The second-order valence-electron chi connectivity index (χ2n) is 5.32. The third-order valence-electron chi connectivity index (χ3n) is 4.02. The molecule has 0 aromatic heterocycles. The Bertz CT molecular complexity index is 845. The maximum atomic E-state index is 11.6. The standard InChI is InChI=1S/C19H13ClO2/c20-14-10-11-16-18(12-14)22-17-9-5-4-8-15(17)19(16,21)13-6-2-1-3-7-13/h1-12,21H. The fraction of sp³-hybridized carbons (Fsp3) is 0.0526. The molecule has 1 heterocycles. The van der Waals surface area contributed by atoms with Crippen molar-refractivity contribution in [3.63, 3.8) is 0 Å². The summed E-state index contributed by atoms with van der Waals surface area (Å²) in [7, 11) is 0. The maximum absolute atomic E-state index is 11.6. The monoisotopic (exact) mass is 308 g/mol. The molecule has 1 N–H and O–H groups in total. The lowest BCUT2D eigenvalue weighted by Crippen LogP contribution is -2.32. The molecule has 1 unspecified atom stereocenters. The van der Waals surface area contributed by atoms with E-state index in [4.69, 9.17) is 16.3 Å². The molecule has 0 aliphatic carbocycles. The van der Waals surface area contributed by atoms with Crippen molar-refractivity contribution in [3.05, 3.63) is 94.5 Å². The van der Waals surface area contributed by atoms with Crippen LogP contribution in [0.15, 0.2) is 72.8 Å². The van der Waals surface area contributed by atoms with Crippen molar-refractivity contribution >= 4 is 11.6 Å². The van der Waals surface area contributed by atoms with Gasteiger partial charge in [-0.15, -0.1) is 0 Å². The van der Waals surface area contributed by atoms with Gasteiger partial charge in [-0.2, -0.15) is 0 Å². The first-order valence-electron chi connectivity index (χ1n) is 7.05. The molecule has 1 aliphatic rings. The van der Waals surface area contributed by atoms with Gasteiger partial charge in [-0.05, 0) is 23.8 Å². The van der Waals surface area contributed by atoms with Crippen LogP contribution < -0.4 is 4.74 Å². The zero-order valence-corrected chi connectivity index (χ0v) is 12.4. The molecular formula is C19H13ClO2. The average molecular weight is 309 g/mol. The Balaban J connectivity index is 2.06. The van der Waals surface area contributed by atoms with E-state index in [9.17, 15) is 5.11 Å². The minimum absolute atomic E-state index is 0.577. The number of hydrogen-bond acceptors (Lipinski definition) is 2. The molecule has 1 aliphatic heterocycles. The lowest BCUT2D eigenvalue weighted by molar-refractivity contribution is 0.112. The fourth-order valence-corrected chi connectivity index (χ4v) is 3.15. The molecule has 2 nitrogen and oxygen atoms in total. The zero-order valence-electron chi connectivity index (χ0n) is 11.7. The van der Waals surface area contributed by atoms with Crippen molar-refractivity contribution in [2.24, 2.45) is 0 Å². The summed E-state index contributed by atoms with van der Waals surface area (Å²) < 4.78 is 5.93. The van der Waals surface area contributed by atoms with E-state index in [1.165, 1.54) is 0 Å². The second kappa shape index (κ2) is 4.87. The number of fused-ring (bicyclic) bond motifs is 2. The van der Waals surface area contributed by atoms with E-state index in [1.807, 2.05) is 60.7 Å². The number of ether oxygens (including phenoxy) is 1. The Morgan fingerprint density at radius 3 is 2.27 bits per heavy atom. The van der Waals surface area contributed by atoms with Gasteiger partial charge in [0.25, 0.3) is 0 Å². The van der Waals surface area contributed by atoms with Crippen LogP contribution in [-0.4, -0.2) is 5.11 Å². The maximum Gasteiger partial charge on any atom is 0.147 e. The quantitative estimate of drug-likeness (QED) is 0.704. The fourth-order valence-electron chi connectivity index (χ4n) is 2.99. The molecule has 3 aromatic rings. The van der Waals surface area contributed by atoms with Crippen LogP contribution in [0.25, 0.3) is 0 Å². The molecule has 3 heteroatoms. The van der Waals surface area contributed by atoms with E-state index < -0.39 is 5.60 Å². The van der Waals surface area contributed by atoms with Crippen LogP contribution in [0, 0.1) is 0 Å². The van der Waals surface area contributed by atoms with Crippen molar-refractivity contribution in [1.29, 1.82) is 0 Å². The number of hydrogen-bond donors (Lipinski definition) is 1. The van der Waals surface area contributed by atoms with Crippen LogP contribution in [0.4, 0.5) is 0 Å². The number of aliphatic hydroxyl groups is 1. The van der Waals surface area contributed by atoms with Gasteiger partial charge in [-0.3, -0.25) is 0 Å². The first-order valence-corrected chi connectivity index (χ1v) is 7.42. The zero-order chi connectivity index (χ0) is 15.2. The van der Waals surface area contributed by atoms with Crippen molar-refractivity contribution in [2.75, 3.05) is 0 Å². The molecule has 3 aromatic carbocycles. The van der Waals surface area contributed by atoms with Gasteiger partial charge in [0.1, 0.15) is 17.1 Å². The number of halogens is 1. The molecule has 0 fully saturated rings. The van der Waals surface area contributed by atoms with Crippen LogP contribution in [0.3, 0.4) is 0 Å². The Labute approximate surface area is 133 Å². The van der Waals surface area contributed by atoms with Crippen molar-refractivity contribution in [1.82, 2.24) is 0 Å². The topological polar surface area (TPSA) is 29.5 Å². The van der Waals surface area contributed by atoms with Gasteiger partial charge in [0.2, 0.25) is 0 Å². The largest absolute Gasteiger partial charge is 0.456 e. The average Bonchev–Trinajstić information content (AvgIpc) is 2.55. The molecule has 4 rings (SSSR count). The first kappa shape index (κ1) is 13.4. The number of benzene rings is 3. The number of rotatable bonds is 1. The molecule has 1 atom stereocenters. The Morgan fingerprint density at radius 1 is 0.773 bits per heavy atom. The normalized spacial score (nSPS) is 19.0. The predicted octanol–water partition coefficient (Wildman–Crippen LogP) is 4.73. The van der Waals surface area contributed by atoms with Gasteiger partial charge < -0.3 is 9.84 Å². The van der Waals surface area contributed by atoms with Crippen LogP contribution in [-0.2, 0) is 5.60 Å². The van der Waals surface area contributed by atoms with E-state index in [1.54, 1.807) is 12.1 Å². The Kier molecular flexibility index (Phi) is 2.96. The van der Waals surface area contributed by atoms with Gasteiger partial charge in [0.15, 0.2) is 0 Å². The highest BCUT2D eigenvalue weighted by molar-refractivity contribution is 6.30.